The molecule has 0 radical (unpaired) electrons. The molecule has 0 unspecified atom stereocenters. The van der Waals surface area contributed by atoms with Crippen LogP contribution < -0.4 is 4.74 Å². The fraction of sp³-hybridized carbons (Fsp3) is 0.125. The van der Waals surface area contributed by atoms with E-state index in [2.05, 4.69) is 6.58 Å². The van der Waals surface area contributed by atoms with Crippen LogP contribution in [0.3, 0.4) is 0 Å². The maximum Gasteiger partial charge on any atom is 0.147 e. The zero-order valence-corrected chi connectivity index (χ0v) is 16.8. The van der Waals surface area contributed by atoms with Gasteiger partial charge in [-0.2, -0.15) is 0 Å². The lowest BCUT2D eigenvalue weighted by Gasteiger charge is -2.10. The van der Waals surface area contributed by atoms with Crippen molar-refractivity contribution in [3.05, 3.63) is 89.5 Å². The van der Waals surface area contributed by atoms with Crippen LogP contribution in [0.4, 0.5) is 8.78 Å². The minimum absolute atomic E-state index is 0.168. The van der Waals surface area contributed by atoms with Gasteiger partial charge in [0.25, 0.3) is 0 Å². The Morgan fingerprint density at radius 1 is 0.900 bits per heavy atom. The summed E-state index contributed by atoms with van der Waals surface area (Å²) in [6.07, 6.45) is 0.650. The third-order valence-corrected chi connectivity index (χ3v) is 4.56. The van der Waals surface area contributed by atoms with Crippen LogP contribution in [0.2, 0.25) is 5.02 Å². The Morgan fingerprint density at radius 3 is 2.20 bits per heavy atom. The molecule has 0 amide bonds. The van der Waals surface area contributed by atoms with Gasteiger partial charge >= 0.3 is 0 Å². The number of halogens is 3. The van der Waals surface area contributed by atoms with Gasteiger partial charge in [-0.05, 0) is 47.5 Å². The minimum atomic E-state index is -0.504. The van der Waals surface area contributed by atoms with Gasteiger partial charge in [0, 0.05) is 21.7 Å². The molecule has 3 nitrogen and oxygen atoms in total. The van der Waals surface area contributed by atoms with Gasteiger partial charge in [0.2, 0.25) is 0 Å². The quantitative estimate of drug-likeness (QED) is 0.234. The fourth-order valence-corrected chi connectivity index (χ4v) is 2.99. The standard InChI is InChI=1S/C24H19ClF2O3/c1-16(14-28)15-29-10-11-30-20-6-2-17(3-7-20)21-8-4-18(12-23(21)26)22-9-5-19(25)13-24(22)27/h2-9,12-14H,1,10-11,15H2. The van der Waals surface area contributed by atoms with Gasteiger partial charge in [-0.25, -0.2) is 8.78 Å². The summed E-state index contributed by atoms with van der Waals surface area (Å²) in [4.78, 5) is 10.4. The third-order valence-electron chi connectivity index (χ3n) is 4.33. The molecule has 0 heterocycles. The number of ether oxygens (including phenoxy) is 2. The lowest BCUT2D eigenvalue weighted by Crippen LogP contribution is -2.08. The Morgan fingerprint density at radius 2 is 1.53 bits per heavy atom. The van der Waals surface area contributed by atoms with E-state index in [0.717, 1.165) is 0 Å². The van der Waals surface area contributed by atoms with E-state index >= 15 is 0 Å². The Bertz CT molecular complexity index is 1050. The van der Waals surface area contributed by atoms with Crippen LogP contribution in [0, 0.1) is 11.6 Å². The van der Waals surface area contributed by atoms with Gasteiger partial charge < -0.3 is 9.47 Å². The molecule has 0 atom stereocenters. The van der Waals surface area contributed by atoms with E-state index in [1.165, 1.54) is 18.2 Å². The zero-order valence-electron chi connectivity index (χ0n) is 16.0. The normalized spacial score (nSPS) is 10.6. The molecule has 0 N–H and O–H groups in total. The van der Waals surface area contributed by atoms with Crippen molar-refractivity contribution in [3.8, 4) is 28.0 Å². The van der Waals surface area contributed by atoms with E-state index in [9.17, 15) is 13.6 Å². The van der Waals surface area contributed by atoms with Crippen LogP contribution in [0.5, 0.6) is 5.75 Å². The minimum Gasteiger partial charge on any atom is -0.491 e. The van der Waals surface area contributed by atoms with Crippen LogP contribution in [0.15, 0.2) is 72.8 Å². The Hall–Kier alpha value is -3.02. The highest BCUT2D eigenvalue weighted by Crippen LogP contribution is 2.31. The highest BCUT2D eigenvalue weighted by molar-refractivity contribution is 6.30. The molecule has 0 saturated carbocycles. The average Bonchev–Trinajstić information content (AvgIpc) is 2.74. The summed E-state index contributed by atoms with van der Waals surface area (Å²) >= 11 is 5.77. The summed E-state index contributed by atoms with van der Waals surface area (Å²) in [5, 5.41) is 0.286. The van der Waals surface area contributed by atoms with E-state index < -0.39 is 11.6 Å². The van der Waals surface area contributed by atoms with Crippen molar-refractivity contribution in [2.45, 2.75) is 0 Å². The van der Waals surface area contributed by atoms with E-state index in [1.54, 1.807) is 42.5 Å². The molecule has 0 spiro atoms. The van der Waals surface area contributed by atoms with Gasteiger partial charge in [0.1, 0.15) is 30.3 Å². The molecule has 0 aliphatic rings. The molecule has 30 heavy (non-hydrogen) atoms. The first-order chi connectivity index (χ1) is 14.5. The van der Waals surface area contributed by atoms with Crippen LogP contribution in [0.1, 0.15) is 0 Å². The molecular formula is C24H19ClF2O3. The van der Waals surface area contributed by atoms with Gasteiger partial charge in [-0.3, -0.25) is 4.79 Å². The summed E-state index contributed by atoms with van der Waals surface area (Å²) in [5.41, 5.74) is 2.15. The Labute approximate surface area is 178 Å². The number of hydrogen-bond donors (Lipinski definition) is 0. The first kappa shape index (κ1) is 21.7. The Balaban J connectivity index is 1.65. The van der Waals surface area contributed by atoms with Gasteiger partial charge in [0.05, 0.1) is 13.2 Å². The van der Waals surface area contributed by atoms with Crippen LogP contribution in [-0.2, 0) is 9.53 Å². The van der Waals surface area contributed by atoms with Crippen molar-refractivity contribution < 1.29 is 23.0 Å². The van der Waals surface area contributed by atoms with Crippen molar-refractivity contribution in [2.24, 2.45) is 0 Å². The first-order valence-electron chi connectivity index (χ1n) is 9.17. The number of carbonyl (C=O) groups is 1. The summed E-state index contributed by atoms with van der Waals surface area (Å²) < 4.78 is 39.6. The second-order valence-corrected chi connectivity index (χ2v) is 6.96. The predicted octanol–water partition coefficient (Wildman–Crippen LogP) is 6.10. The number of carbonyl (C=O) groups excluding carboxylic acids is 1. The van der Waals surface area contributed by atoms with E-state index in [4.69, 9.17) is 21.1 Å². The van der Waals surface area contributed by atoms with Crippen LogP contribution in [0.25, 0.3) is 22.3 Å². The second-order valence-electron chi connectivity index (χ2n) is 6.52. The van der Waals surface area contributed by atoms with Crippen molar-refractivity contribution in [1.82, 2.24) is 0 Å². The molecule has 0 aromatic heterocycles. The second kappa shape index (κ2) is 10.1. The molecular weight excluding hydrogens is 410 g/mol. The number of rotatable bonds is 9. The molecule has 3 rings (SSSR count). The molecule has 0 aliphatic heterocycles. The topological polar surface area (TPSA) is 35.5 Å². The van der Waals surface area contributed by atoms with E-state index in [0.29, 0.717) is 47.5 Å². The molecule has 3 aromatic rings. The van der Waals surface area contributed by atoms with Gasteiger partial charge in [-0.15, -0.1) is 0 Å². The predicted molar refractivity (Wildman–Crippen MR) is 114 cm³/mol. The third kappa shape index (κ3) is 5.53. The molecule has 154 valence electrons. The maximum atomic E-state index is 14.7. The lowest BCUT2D eigenvalue weighted by molar-refractivity contribution is -0.105. The first-order valence-corrected chi connectivity index (χ1v) is 9.54. The SMILES string of the molecule is C=C(C=O)COCCOc1ccc(-c2ccc(-c3ccc(Cl)cc3F)cc2F)cc1. The van der Waals surface area contributed by atoms with Crippen molar-refractivity contribution in [3.63, 3.8) is 0 Å². The molecule has 3 aromatic carbocycles. The molecule has 0 bridgehead atoms. The highest BCUT2D eigenvalue weighted by atomic mass is 35.5. The van der Waals surface area contributed by atoms with Crippen LogP contribution >= 0.6 is 11.6 Å². The Kier molecular flexibility index (Phi) is 7.33. The number of hydrogen-bond acceptors (Lipinski definition) is 3. The van der Waals surface area contributed by atoms with E-state index in [-0.39, 0.29) is 17.2 Å². The number of aldehydes is 1. The highest BCUT2D eigenvalue weighted by Gasteiger charge is 2.11. The monoisotopic (exact) mass is 428 g/mol. The summed E-state index contributed by atoms with van der Waals surface area (Å²) in [6, 6.07) is 15.8. The zero-order chi connectivity index (χ0) is 21.5. The van der Waals surface area contributed by atoms with Crippen LogP contribution in [-0.4, -0.2) is 26.1 Å². The largest absolute Gasteiger partial charge is 0.491 e. The molecule has 6 heteroatoms. The smallest absolute Gasteiger partial charge is 0.147 e. The van der Waals surface area contributed by atoms with Crippen molar-refractivity contribution in [1.29, 1.82) is 0 Å². The van der Waals surface area contributed by atoms with Crippen molar-refractivity contribution >= 4 is 17.9 Å². The molecule has 0 fully saturated rings. The van der Waals surface area contributed by atoms with Gasteiger partial charge in [0.15, 0.2) is 0 Å². The number of benzene rings is 3. The lowest BCUT2D eigenvalue weighted by atomic mass is 9.99. The summed E-state index contributed by atoms with van der Waals surface area (Å²) in [7, 11) is 0. The molecule has 0 aliphatic carbocycles. The maximum absolute atomic E-state index is 14.7. The van der Waals surface area contributed by atoms with E-state index in [1.807, 2.05) is 0 Å². The van der Waals surface area contributed by atoms with Crippen molar-refractivity contribution in [2.75, 3.05) is 19.8 Å². The fourth-order valence-electron chi connectivity index (χ4n) is 2.83. The molecule has 0 saturated heterocycles. The van der Waals surface area contributed by atoms with Gasteiger partial charge in [-0.1, -0.05) is 42.4 Å². The average molecular weight is 429 g/mol. The summed E-state index contributed by atoms with van der Waals surface area (Å²) in [6.45, 7) is 4.30. The summed E-state index contributed by atoms with van der Waals surface area (Å²) in [5.74, 6) is -0.355.